The predicted octanol–water partition coefficient (Wildman–Crippen LogP) is 1.41. The Bertz CT molecular complexity index is 702. The van der Waals surface area contributed by atoms with Crippen LogP contribution in [0.15, 0.2) is 48.5 Å². The zero-order valence-electron chi connectivity index (χ0n) is 11.9. The highest BCUT2D eigenvalue weighted by Crippen LogP contribution is 2.28. The molecule has 0 aliphatic carbocycles. The molecule has 5 nitrogen and oxygen atoms in total. The first-order chi connectivity index (χ1) is 10.6. The second-order valence-corrected chi connectivity index (χ2v) is 5.20. The Labute approximate surface area is 128 Å². The van der Waals surface area contributed by atoms with Crippen molar-refractivity contribution in [3.05, 3.63) is 65.2 Å². The van der Waals surface area contributed by atoms with Crippen molar-refractivity contribution in [2.75, 3.05) is 0 Å². The van der Waals surface area contributed by atoms with Crippen LogP contribution in [0.5, 0.6) is 5.75 Å². The SMILES string of the molecule is NC(=O)c1cccc(CNC(=O)C2Cc3ccccc3O2)c1. The first-order valence-electron chi connectivity index (χ1n) is 7.04. The Morgan fingerprint density at radius 1 is 1.18 bits per heavy atom. The van der Waals surface area contributed by atoms with Crippen molar-refractivity contribution in [1.82, 2.24) is 5.32 Å². The molecule has 22 heavy (non-hydrogen) atoms. The lowest BCUT2D eigenvalue weighted by Gasteiger charge is -2.11. The molecule has 0 spiro atoms. The van der Waals surface area contributed by atoms with Crippen LogP contribution in [0.2, 0.25) is 0 Å². The van der Waals surface area contributed by atoms with E-state index in [-0.39, 0.29) is 5.91 Å². The summed E-state index contributed by atoms with van der Waals surface area (Å²) in [4.78, 5) is 23.3. The van der Waals surface area contributed by atoms with E-state index in [1.807, 2.05) is 30.3 Å². The highest BCUT2D eigenvalue weighted by Gasteiger charge is 2.28. The molecule has 112 valence electrons. The van der Waals surface area contributed by atoms with Gasteiger partial charge in [0.05, 0.1) is 0 Å². The van der Waals surface area contributed by atoms with Gasteiger partial charge < -0.3 is 15.8 Å². The maximum Gasteiger partial charge on any atom is 0.261 e. The summed E-state index contributed by atoms with van der Waals surface area (Å²) in [6, 6.07) is 14.5. The summed E-state index contributed by atoms with van der Waals surface area (Å²) in [7, 11) is 0. The lowest BCUT2D eigenvalue weighted by Crippen LogP contribution is -2.37. The molecule has 1 aliphatic heterocycles. The van der Waals surface area contributed by atoms with Gasteiger partial charge in [0.1, 0.15) is 5.75 Å². The molecule has 2 aromatic carbocycles. The fourth-order valence-corrected chi connectivity index (χ4v) is 2.47. The smallest absolute Gasteiger partial charge is 0.261 e. The number of nitrogens with two attached hydrogens (primary N) is 1. The number of benzene rings is 2. The van der Waals surface area contributed by atoms with E-state index in [0.29, 0.717) is 18.5 Å². The van der Waals surface area contributed by atoms with Crippen molar-refractivity contribution in [3.8, 4) is 5.75 Å². The quantitative estimate of drug-likeness (QED) is 0.895. The lowest BCUT2D eigenvalue weighted by molar-refractivity contribution is -0.127. The average Bonchev–Trinajstić information content (AvgIpc) is 2.97. The third-order valence-electron chi connectivity index (χ3n) is 3.62. The standard InChI is InChI=1S/C17H16N2O3/c18-16(20)13-6-3-4-11(8-13)10-19-17(21)15-9-12-5-1-2-7-14(12)22-15/h1-8,15H,9-10H2,(H2,18,20)(H,19,21). The number of fused-ring (bicyclic) bond motifs is 1. The molecule has 0 aromatic heterocycles. The second kappa shape index (κ2) is 5.89. The number of amides is 2. The minimum absolute atomic E-state index is 0.166. The summed E-state index contributed by atoms with van der Waals surface area (Å²) >= 11 is 0. The number of hydrogen-bond donors (Lipinski definition) is 2. The molecule has 0 radical (unpaired) electrons. The van der Waals surface area contributed by atoms with Gasteiger partial charge in [0.25, 0.3) is 5.91 Å². The first-order valence-corrected chi connectivity index (χ1v) is 7.04. The zero-order chi connectivity index (χ0) is 15.5. The van der Waals surface area contributed by atoms with Crippen molar-refractivity contribution in [1.29, 1.82) is 0 Å². The van der Waals surface area contributed by atoms with Crippen molar-refractivity contribution in [2.24, 2.45) is 5.73 Å². The summed E-state index contributed by atoms with van der Waals surface area (Å²) in [5, 5.41) is 2.83. The molecule has 0 bridgehead atoms. The molecule has 1 unspecified atom stereocenters. The van der Waals surface area contributed by atoms with E-state index >= 15 is 0 Å². The largest absolute Gasteiger partial charge is 0.480 e. The van der Waals surface area contributed by atoms with Gasteiger partial charge in [-0.15, -0.1) is 0 Å². The number of primary amides is 1. The second-order valence-electron chi connectivity index (χ2n) is 5.20. The number of carbonyl (C=O) groups excluding carboxylic acids is 2. The van der Waals surface area contributed by atoms with E-state index < -0.39 is 12.0 Å². The number of nitrogens with one attached hydrogen (secondary N) is 1. The Hall–Kier alpha value is -2.82. The summed E-state index contributed by atoms with van der Waals surface area (Å²) in [6.07, 6.45) is 0.0697. The van der Waals surface area contributed by atoms with E-state index in [9.17, 15) is 9.59 Å². The van der Waals surface area contributed by atoms with Gasteiger partial charge in [-0.2, -0.15) is 0 Å². The third-order valence-corrected chi connectivity index (χ3v) is 3.62. The maximum atomic E-state index is 12.2. The Morgan fingerprint density at radius 3 is 2.77 bits per heavy atom. The molecule has 0 fully saturated rings. The van der Waals surface area contributed by atoms with Crippen LogP contribution in [-0.4, -0.2) is 17.9 Å². The average molecular weight is 296 g/mol. The first kappa shape index (κ1) is 14.1. The van der Waals surface area contributed by atoms with Crippen molar-refractivity contribution in [2.45, 2.75) is 19.1 Å². The van der Waals surface area contributed by atoms with E-state index in [0.717, 1.165) is 16.9 Å². The van der Waals surface area contributed by atoms with Gasteiger partial charge in [-0.25, -0.2) is 0 Å². The van der Waals surface area contributed by atoms with Crippen LogP contribution in [-0.2, 0) is 17.8 Å². The molecule has 0 saturated heterocycles. The van der Waals surface area contributed by atoms with E-state index in [2.05, 4.69) is 5.32 Å². The number of ether oxygens (including phenoxy) is 1. The van der Waals surface area contributed by atoms with Crippen LogP contribution in [0.25, 0.3) is 0 Å². The van der Waals surface area contributed by atoms with Gasteiger partial charge in [-0.05, 0) is 29.3 Å². The molecular weight excluding hydrogens is 280 g/mol. The normalized spacial score (nSPS) is 15.7. The van der Waals surface area contributed by atoms with Gasteiger partial charge in [-0.1, -0.05) is 30.3 Å². The molecule has 5 heteroatoms. The molecule has 2 aromatic rings. The Kier molecular flexibility index (Phi) is 3.78. The highest BCUT2D eigenvalue weighted by molar-refractivity contribution is 5.92. The van der Waals surface area contributed by atoms with Crippen LogP contribution in [0.1, 0.15) is 21.5 Å². The lowest BCUT2D eigenvalue weighted by atomic mass is 10.1. The van der Waals surface area contributed by atoms with Crippen LogP contribution < -0.4 is 15.8 Å². The molecule has 1 aliphatic rings. The van der Waals surface area contributed by atoms with Gasteiger partial charge >= 0.3 is 0 Å². The molecule has 1 atom stereocenters. The molecule has 3 rings (SSSR count). The summed E-state index contributed by atoms with van der Waals surface area (Å²) in [5.74, 6) is 0.113. The van der Waals surface area contributed by atoms with Crippen molar-refractivity contribution in [3.63, 3.8) is 0 Å². The van der Waals surface area contributed by atoms with Crippen molar-refractivity contribution < 1.29 is 14.3 Å². The van der Waals surface area contributed by atoms with Gasteiger partial charge in [0, 0.05) is 18.5 Å². The summed E-state index contributed by atoms with van der Waals surface area (Å²) in [5.41, 5.74) is 7.53. The Balaban J connectivity index is 1.60. The van der Waals surface area contributed by atoms with Gasteiger partial charge in [-0.3, -0.25) is 9.59 Å². The monoisotopic (exact) mass is 296 g/mol. The van der Waals surface area contributed by atoms with Crippen LogP contribution in [0.3, 0.4) is 0 Å². The number of para-hydroxylation sites is 1. The minimum atomic E-state index is -0.503. The van der Waals surface area contributed by atoms with Crippen LogP contribution in [0.4, 0.5) is 0 Å². The predicted molar refractivity (Wildman–Crippen MR) is 81.4 cm³/mol. The molecular formula is C17H16N2O3. The van der Waals surface area contributed by atoms with E-state index in [1.54, 1.807) is 18.2 Å². The van der Waals surface area contributed by atoms with Gasteiger partial charge in [0.15, 0.2) is 6.10 Å². The molecule has 0 saturated carbocycles. The fraction of sp³-hybridized carbons (Fsp3) is 0.176. The summed E-state index contributed by atoms with van der Waals surface area (Å²) in [6.45, 7) is 0.330. The number of carbonyl (C=O) groups is 2. The van der Waals surface area contributed by atoms with Crippen molar-refractivity contribution >= 4 is 11.8 Å². The highest BCUT2D eigenvalue weighted by atomic mass is 16.5. The Morgan fingerprint density at radius 2 is 2.00 bits per heavy atom. The molecule has 3 N–H and O–H groups in total. The minimum Gasteiger partial charge on any atom is -0.480 e. The van der Waals surface area contributed by atoms with E-state index in [1.165, 1.54) is 0 Å². The number of rotatable bonds is 4. The van der Waals surface area contributed by atoms with Gasteiger partial charge in [0.2, 0.25) is 5.91 Å². The molecule has 1 heterocycles. The third kappa shape index (κ3) is 2.93. The van der Waals surface area contributed by atoms with Crippen LogP contribution >= 0.6 is 0 Å². The van der Waals surface area contributed by atoms with E-state index in [4.69, 9.17) is 10.5 Å². The zero-order valence-corrected chi connectivity index (χ0v) is 11.9. The fourth-order valence-electron chi connectivity index (χ4n) is 2.47. The topological polar surface area (TPSA) is 81.4 Å². The number of hydrogen-bond acceptors (Lipinski definition) is 3. The maximum absolute atomic E-state index is 12.2. The summed E-state index contributed by atoms with van der Waals surface area (Å²) < 4.78 is 5.63. The van der Waals surface area contributed by atoms with Crippen LogP contribution in [0, 0.1) is 0 Å². The molecule has 2 amide bonds.